The highest BCUT2D eigenvalue weighted by molar-refractivity contribution is 9.10. The van der Waals surface area contributed by atoms with Crippen molar-refractivity contribution < 1.29 is 9.59 Å². The van der Waals surface area contributed by atoms with Gasteiger partial charge in [-0.1, -0.05) is 52.0 Å². The molecule has 0 saturated carbocycles. The maximum Gasteiger partial charge on any atom is 0.251 e. The molecule has 4 aromatic rings. The number of thioether (sulfide) groups is 1. The SMILES string of the molecule is Cc1ccc(C(=O)NCc2nnc(SCC(=O)N3CCc4ccccc43)n2-c2ccc(Br)cc2)cc1C. The molecule has 9 heteroatoms. The molecule has 0 saturated heterocycles. The minimum absolute atomic E-state index is 0.0323. The maximum atomic E-state index is 13.1. The summed E-state index contributed by atoms with van der Waals surface area (Å²) in [7, 11) is 0. The van der Waals surface area contributed by atoms with E-state index >= 15 is 0 Å². The van der Waals surface area contributed by atoms with E-state index in [4.69, 9.17) is 0 Å². The molecule has 37 heavy (non-hydrogen) atoms. The fraction of sp³-hybridized carbons (Fsp3) is 0.214. The van der Waals surface area contributed by atoms with Crippen LogP contribution in [-0.2, 0) is 17.8 Å². The summed E-state index contributed by atoms with van der Waals surface area (Å²) in [6.45, 7) is 4.89. The average Bonchev–Trinajstić information content (AvgIpc) is 3.52. The van der Waals surface area contributed by atoms with Gasteiger partial charge in [-0.2, -0.15) is 0 Å². The van der Waals surface area contributed by atoms with Crippen LogP contribution < -0.4 is 10.2 Å². The van der Waals surface area contributed by atoms with Crippen molar-refractivity contribution in [1.82, 2.24) is 20.1 Å². The van der Waals surface area contributed by atoms with Crippen molar-refractivity contribution in [2.45, 2.75) is 32.0 Å². The number of hydrogen-bond donors (Lipinski definition) is 1. The van der Waals surface area contributed by atoms with Gasteiger partial charge in [0.05, 0.1) is 12.3 Å². The number of carbonyl (C=O) groups is 2. The van der Waals surface area contributed by atoms with Crippen LogP contribution in [0.2, 0.25) is 0 Å². The summed E-state index contributed by atoms with van der Waals surface area (Å²) < 4.78 is 2.84. The predicted octanol–water partition coefficient (Wildman–Crippen LogP) is 5.26. The molecule has 5 rings (SSSR count). The van der Waals surface area contributed by atoms with Crippen molar-refractivity contribution in [2.24, 2.45) is 0 Å². The Hall–Kier alpha value is -3.43. The van der Waals surface area contributed by atoms with Crippen LogP contribution in [0, 0.1) is 13.8 Å². The summed E-state index contributed by atoms with van der Waals surface area (Å²) in [5.41, 5.74) is 5.83. The van der Waals surface area contributed by atoms with Gasteiger partial charge in [0.1, 0.15) is 0 Å². The van der Waals surface area contributed by atoms with E-state index < -0.39 is 0 Å². The van der Waals surface area contributed by atoms with E-state index in [1.54, 1.807) is 0 Å². The summed E-state index contributed by atoms with van der Waals surface area (Å²) in [6, 6.07) is 21.4. The maximum absolute atomic E-state index is 13.1. The number of nitrogens with zero attached hydrogens (tertiary/aromatic N) is 4. The zero-order valence-corrected chi connectivity index (χ0v) is 23.0. The van der Waals surface area contributed by atoms with Gasteiger partial charge in [0, 0.05) is 28.0 Å². The molecular formula is C28H26BrN5O2S. The Balaban J connectivity index is 1.34. The van der Waals surface area contributed by atoms with E-state index in [2.05, 4.69) is 37.5 Å². The number of para-hydroxylation sites is 1. The predicted molar refractivity (Wildman–Crippen MR) is 149 cm³/mol. The number of nitrogens with one attached hydrogen (secondary N) is 1. The minimum Gasteiger partial charge on any atom is -0.345 e. The normalized spacial score (nSPS) is 12.5. The molecule has 7 nitrogen and oxygen atoms in total. The van der Waals surface area contributed by atoms with Gasteiger partial charge in [-0.15, -0.1) is 10.2 Å². The molecule has 1 aliphatic rings. The molecule has 0 bridgehead atoms. The second-order valence-electron chi connectivity index (χ2n) is 8.91. The molecule has 3 aromatic carbocycles. The Morgan fingerprint density at radius 3 is 2.57 bits per heavy atom. The quantitative estimate of drug-likeness (QED) is 0.304. The van der Waals surface area contributed by atoms with Crippen LogP contribution in [0.5, 0.6) is 0 Å². The first-order chi connectivity index (χ1) is 17.9. The number of benzene rings is 3. The Labute approximate surface area is 228 Å². The molecule has 0 aliphatic carbocycles. The Kier molecular flexibility index (Phi) is 7.43. The molecule has 0 atom stereocenters. The summed E-state index contributed by atoms with van der Waals surface area (Å²) in [4.78, 5) is 27.7. The van der Waals surface area contributed by atoms with Crippen LogP contribution in [0.15, 0.2) is 76.4 Å². The minimum atomic E-state index is -0.175. The Morgan fingerprint density at radius 1 is 1.00 bits per heavy atom. The molecule has 188 valence electrons. The van der Waals surface area contributed by atoms with E-state index in [1.165, 1.54) is 17.3 Å². The fourth-order valence-electron chi connectivity index (χ4n) is 4.30. The first-order valence-corrected chi connectivity index (χ1v) is 13.8. The molecule has 0 radical (unpaired) electrons. The van der Waals surface area contributed by atoms with Crippen LogP contribution in [0.3, 0.4) is 0 Å². The summed E-state index contributed by atoms with van der Waals surface area (Å²) in [5, 5.41) is 12.3. The van der Waals surface area contributed by atoms with E-state index in [9.17, 15) is 9.59 Å². The van der Waals surface area contributed by atoms with Gasteiger partial charge < -0.3 is 10.2 Å². The van der Waals surface area contributed by atoms with Gasteiger partial charge in [0.25, 0.3) is 5.91 Å². The molecule has 0 spiro atoms. The molecule has 1 aliphatic heterocycles. The molecule has 2 heterocycles. The van der Waals surface area contributed by atoms with Crippen LogP contribution in [-0.4, -0.2) is 38.9 Å². The van der Waals surface area contributed by atoms with Crippen molar-refractivity contribution in [1.29, 1.82) is 0 Å². The van der Waals surface area contributed by atoms with E-state index in [0.717, 1.165) is 33.4 Å². The highest BCUT2D eigenvalue weighted by Crippen LogP contribution is 2.29. The van der Waals surface area contributed by atoms with Gasteiger partial charge in [-0.25, -0.2) is 0 Å². The molecule has 0 unspecified atom stereocenters. The van der Waals surface area contributed by atoms with Crippen molar-refractivity contribution in [2.75, 3.05) is 17.2 Å². The number of aryl methyl sites for hydroxylation is 2. The highest BCUT2D eigenvalue weighted by Gasteiger charge is 2.25. The monoisotopic (exact) mass is 575 g/mol. The van der Waals surface area contributed by atoms with Crippen molar-refractivity contribution in [3.8, 4) is 5.69 Å². The number of halogens is 1. The molecular weight excluding hydrogens is 550 g/mol. The topological polar surface area (TPSA) is 80.1 Å². The molecule has 2 amide bonds. The third kappa shape index (κ3) is 5.47. The highest BCUT2D eigenvalue weighted by atomic mass is 79.9. The lowest BCUT2D eigenvalue weighted by atomic mass is 10.1. The largest absolute Gasteiger partial charge is 0.345 e. The fourth-order valence-corrected chi connectivity index (χ4v) is 5.41. The Bertz CT molecular complexity index is 1470. The third-order valence-corrected chi connectivity index (χ3v) is 7.92. The number of carbonyl (C=O) groups excluding carboxylic acids is 2. The van der Waals surface area contributed by atoms with Crippen LogP contribution in [0.1, 0.15) is 32.9 Å². The molecule has 1 aromatic heterocycles. The Morgan fingerprint density at radius 2 is 1.78 bits per heavy atom. The number of amides is 2. The third-order valence-electron chi connectivity index (χ3n) is 6.47. The molecule has 1 N–H and O–H groups in total. The van der Waals surface area contributed by atoms with E-state index in [1.807, 2.05) is 84.0 Å². The number of anilines is 1. The van der Waals surface area contributed by atoms with Crippen molar-refractivity contribution >= 4 is 45.2 Å². The lowest BCUT2D eigenvalue weighted by molar-refractivity contribution is -0.116. The number of hydrogen-bond acceptors (Lipinski definition) is 5. The van der Waals surface area contributed by atoms with Gasteiger partial charge in [0.15, 0.2) is 11.0 Å². The summed E-state index contributed by atoms with van der Waals surface area (Å²) in [6.07, 6.45) is 0.867. The second-order valence-corrected chi connectivity index (χ2v) is 10.8. The van der Waals surface area contributed by atoms with Crippen molar-refractivity contribution in [3.05, 3.63) is 99.3 Å². The number of rotatable bonds is 7. The number of fused-ring (bicyclic) bond motifs is 1. The summed E-state index contributed by atoms with van der Waals surface area (Å²) >= 11 is 4.82. The summed E-state index contributed by atoms with van der Waals surface area (Å²) in [5.74, 6) is 0.675. The van der Waals surface area contributed by atoms with E-state index in [0.29, 0.717) is 23.1 Å². The molecule has 0 fully saturated rings. The zero-order valence-electron chi connectivity index (χ0n) is 20.6. The van der Waals surface area contributed by atoms with Crippen LogP contribution in [0.4, 0.5) is 5.69 Å². The smallest absolute Gasteiger partial charge is 0.251 e. The van der Waals surface area contributed by atoms with E-state index in [-0.39, 0.29) is 24.1 Å². The lowest BCUT2D eigenvalue weighted by Crippen LogP contribution is -2.30. The standard InChI is InChI=1S/C28H26BrN5O2S/c1-18-7-8-21(15-19(18)2)27(36)30-16-25-31-32-28(34(25)23-11-9-22(29)10-12-23)37-17-26(35)33-14-13-20-5-3-4-6-24(20)33/h3-12,15H,13-14,16-17H2,1-2H3,(H,30,36). The number of aromatic nitrogens is 3. The van der Waals surface area contributed by atoms with Gasteiger partial charge in [0.2, 0.25) is 5.91 Å². The lowest BCUT2D eigenvalue weighted by Gasteiger charge is -2.17. The van der Waals surface area contributed by atoms with Gasteiger partial charge >= 0.3 is 0 Å². The van der Waals surface area contributed by atoms with Crippen LogP contribution >= 0.6 is 27.7 Å². The van der Waals surface area contributed by atoms with Crippen molar-refractivity contribution in [3.63, 3.8) is 0 Å². The van der Waals surface area contributed by atoms with Gasteiger partial charge in [-0.05, 0) is 79.4 Å². The first-order valence-electron chi connectivity index (χ1n) is 12.0. The second kappa shape index (κ2) is 10.9. The van der Waals surface area contributed by atoms with Crippen LogP contribution in [0.25, 0.3) is 5.69 Å². The zero-order chi connectivity index (χ0) is 25.9. The first kappa shape index (κ1) is 25.2. The average molecular weight is 577 g/mol. The van der Waals surface area contributed by atoms with Gasteiger partial charge in [-0.3, -0.25) is 14.2 Å².